The van der Waals surface area contributed by atoms with Crippen LogP contribution in [0.3, 0.4) is 0 Å². The van der Waals surface area contributed by atoms with Crippen LogP contribution in [-0.2, 0) is 0 Å². The van der Waals surface area contributed by atoms with Crippen molar-refractivity contribution in [2.45, 2.75) is 0 Å². The van der Waals surface area contributed by atoms with Crippen molar-refractivity contribution in [2.24, 2.45) is 0 Å². The Morgan fingerprint density at radius 1 is 0.375 bits per heavy atom. The first-order valence-corrected chi connectivity index (χ1v) is 16.4. The number of allylic oxidation sites excluding steroid dienone is 2. The molecule has 1 N–H and O–H groups in total. The van der Waals surface area contributed by atoms with E-state index >= 15 is 0 Å². The fourth-order valence-corrected chi connectivity index (χ4v) is 6.46. The van der Waals surface area contributed by atoms with Crippen LogP contribution in [0.1, 0.15) is 5.56 Å². The Morgan fingerprint density at radius 3 is 1.29 bits per heavy atom. The lowest BCUT2D eigenvalue weighted by molar-refractivity contribution is 0.976. The fourth-order valence-electron chi connectivity index (χ4n) is 6.46. The Balaban J connectivity index is 1.20. The van der Waals surface area contributed by atoms with Crippen molar-refractivity contribution in [1.82, 2.24) is 10.3 Å². The summed E-state index contributed by atoms with van der Waals surface area (Å²) >= 11 is 0. The molecule has 0 amide bonds. The minimum Gasteiger partial charge on any atom is -0.387 e. The van der Waals surface area contributed by atoms with Crippen molar-refractivity contribution in [3.63, 3.8) is 0 Å². The lowest BCUT2D eigenvalue weighted by Gasteiger charge is -2.14. The lowest BCUT2D eigenvalue weighted by Crippen LogP contribution is -2.08. The highest BCUT2D eigenvalue weighted by Gasteiger charge is 2.11. The summed E-state index contributed by atoms with van der Waals surface area (Å²) in [6, 6.07) is 57.0. The van der Waals surface area contributed by atoms with Crippen LogP contribution in [-0.4, -0.2) is 11.5 Å². The molecule has 228 valence electrons. The third-order valence-electron chi connectivity index (χ3n) is 8.94. The molecule has 0 atom stereocenters. The van der Waals surface area contributed by atoms with Gasteiger partial charge in [0.25, 0.3) is 0 Å². The molecule has 48 heavy (non-hydrogen) atoms. The monoisotopic (exact) mass is 614 g/mol. The van der Waals surface area contributed by atoms with Gasteiger partial charge in [0.05, 0.1) is 0 Å². The molecule has 8 rings (SSSR count). The van der Waals surface area contributed by atoms with Gasteiger partial charge in [0.1, 0.15) is 0 Å². The van der Waals surface area contributed by atoms with E-state index in [9.17, 15) is 0 Å². The Labute approximate surface area is 282 Å². The van der Waals surface area contributed by atoms with Crippen molar-refractivity contribution < 1.29 is 0 Å². The van der Waals surface area contributed by atoms with Gasteiger partial charge in [0.15, 0.2) is 0 Å². The second kappa shape index (κ2) is 13.2. The van der Waals surface area contributed by atoms with Gasteiger partial charge >= 0.3 is 0 Å². The summed E-state index contributed by atoms with van der Waals surface area (Å²) in [7, 11) is 0. The minimum atomic E-state index is 0.874. The number of hydrogen-bond acceptors (Lipinski definition) is 2. The first-order valence-electron chi connectivity index (χ1n) is 16.4. The number of hydrogen-bond donors (Lipinski definition) is 1. The molecule has 1 aliphatic heterocycles. The second-order valence-electron chi connectivity index (χ2n) is 12.1. The second-order valence-corrected chi connectivity index (χ2v) is 12.1. The molecule has 7 aromatic rings. The van der Waals surface area contributed by atoms with E-state index in [2.05, 4.69) is 180 Å². The predicted molar refractivity (Wildman–Crippen MR) is 202 cm³/mol. The van der Waals surface area contributed by atoms with Gasteiger partial charge in [-0.15, -0.1) is 0 Å². The van der Waals surface area contributed by atoms with E-state index in [0.29, 0.717) is 0 Å². The van der Waals surface area contributed by atoms with E-state index in [1.807, 2.05) is 18.5 Å². The molecule has 2 nitrogen and oxygen atoms in total. The summed E-state index contributed by atoms with van der Waals surface area (Å²) in [6.07, 6.45) is 10.2. The van der Waals surface area contributed by atoms with Gasteiger partial charge in [-0.25, -0.2) is 0 Å². The van der Waals surface area contributed by atoms with Gasteiger partial charge in [-0.1, -0.05) is 121 Å². The molecule has 2 heteroatoms. The van der Waals surface area contributed by atoms with Gasteiger partial charge in [-0.2, -0.15) is 0 Å². The standard InChI is InChI=1S/C46H34N2/c1-2-10-33(11-3-1)44-28-45(40-18-6-14-36(26-40)34-12-4-16-38(24-34)42-20-8-22-47-31-42)30-46(29-44)41-19-7-15-37(27-41)35-13-5-17-39(25-35)43-21-9-23-48-32-43/h1-22,24-32,48H,23H2. The molecule has 0 saturated heterocycles. The molecule has 0 radical (unpaired) electrons. The van der Waals surface area contributed by atoms with Crippen LogP contribution in [0.5, 0.6) is 0 Å². The fraction of sp³-hybridized carbons (Fsp3) is 0.0217. The highest BCUT2D eigenvalue weighted by molar-refractivity contribution is 5.85. The summed E-state index contributed by atoms with van der Waals surface area (Å²) in [6.45, 7) is 0.874. The molecule has 0 fully saturated rings. The zero-order valence-electron chi connectivity index (χ0n) is 26.6. The van der Waals surface area contributed by atoms with E-state index in [-0.39, 0.29) is 0 Å². The largest absolute Gasteiger partial charge is 0.387 e. The zero-order valence-corrected chi connectivity index (χ0v) is 26.6. The van der Waals surface area contributed by atoms with Crippen LogP contribution in [0.15, 0.2) is 188 Å². The SMILES string of the molecule is C1=CC(c2cccc(-c3cccc(-c4cc(-c5ccccc5)cc(-c5cccc(-c6cccc(-c7cccnc7)c6)c5)c4)c3)c2)=CNC1. The zero-order chi connectivity index (χ0) is 32.1. The highest BCUT2D eigenvalue weighted by Crippen LogP contribution is 2.36. The summed E-state index contributed by atoms with van der Waals surface area (Å²) in [5, 5.41) is 3.33. The highest BCUT2D eigenvalue weighted by atomic mass is 14.8. The molecule has 0 saturated carbocycles. The predicted octanol–water partition coefficient (Wildman–Crippen LogP) is 11.6. The third-order valence-corrected chi connectivity index (χ3v) is 8.94. The number of nitrogens with one attached hydrogen (secondary N) is 1. The lowest BCUT2D eigenvalue weighted by atomic mass is 9.90. The van der Waals surface area contributed by atoms with Crippen LogP contribution >= 0.6 is 0 Å². The van der Waals surface area contributed by atoms with E-state index < -0.39 is 0 Å². The molecule has 0 bridgehead atoms. The average molecular weight is 615 g/mol. The van der Waals surface area contributed by atoms with Crippen LogP contribution < -0.4 is 5.32 Å². The van der Waals surface area contributed by atoms with E-state index in [1.54, 1.807) is 0 Å². The molecular formula is C46H34N2. The Hall–Kier alpha value is -6.25. The van der Waals surface area contributed by atoms with Crippen molar-refractivity contribution in [2.75, 3.05) is 6.54 Å². The number of aromatic nitrogens is 1. The molecule has 0 unspecified atom stereocenters. The van der Waals surface area contributed by atoms with Gasteiger partial charge in [0, 0.05) is 30.7 Å². The van der Waals surface area contributed by atoms with Crippen LogP contribution in [0, 0.1) is 0 Å². The molecule has 1 aliphatic rings. The smallest absolute Gasteiger partial charge is 0.0346 e. The molecule has 2 heterocycles. The van der Waals surface area contributed by atoms with E-state index in [4.69, 9.17) is 0 Å². The summed E-state index contributed by atoms with van der Waals surface area (Å²) in [4.78, 5) is 4.32. The van der Waals surface area contributed by atoms with Crippen molar-refractivity contribution >= 4 is 5.57 Å². The van der Waals surface area contributed by atoms with Gasteiger partial charge in [0.2, 0.25) is 0 Å². The molecule has 0 spiro atoms. The number of dihydropyridines is 1. The van der Waals surface area contributed by atoms with E-state index in [1.165, 1.54) is 66.8 Å². The summed E-state index contributed by atoms with van der Waals surface area (Å²) in [5.41, 5.74) is 16.6. The third kappa shape index (κ3) is 6.25. The summed E-state index contributed by atoms with van der Waals surface area (Å²) in [5.74, 6) is 0. The molecule has 1 aromatic heterocycles. The van der Waals surface area contributed by atoms with Crippen LogP contribution in [0.4, 0.5) is 0 Å². The maximum absolute atomic E-state index is 4.32. The van der Waals surface area contributed by atoms with Gasteiger partial charge in [-0.3, -0.25) is 4.98 Å². The molecule has 0 aliphatic carbocycles. The first-order chi connectivity index (χ1) is 23.8. The van der Waals surface area contributed by atoms with Crippen LogP contribution in [0.2, 0.25) is 0 Å². The van der Waals surface area contributed by atoms with Crippen molar-refractivity contribution in [3.8, 4) is 66.8 Å². The van der Waals surface area contributed by atoms with Gasteiger partial charge < -0.3 is 5.32 Å². The number of benzene rings is 6. The quantitative estimate of drug-likeness (QED) is 0.193. The van der Waals surface area contributed by atoms with Crippen LogP contribution in [0.25, 0.3) is 72.3 Å². The Bertz CT molecular complexity index is 2280. The maximum Gasteiger partial charge on any atom is 0.0346 e. The number of pyridine rings is 1. The Kier molecular flexibility index (Phi) is 8.04. The maximum atomic E-state index is 4.32. The topological polar surface area (TPSA) is 24.9 Å². The van der Waals surface area contributed by atoms with Gasteiger partial charge in [-0.05, 0) is 121 Å². The van der Waals surface area contributed by atoms with E-state index in [0.717, 1.165) is 17.7 Å². The number of rotatable bonds is 7. The Morgan fingerprint density at radius 2 is 0.792 bits per heavy atom. The van der Waals surface area contributed by atoms with Crippen molar-refractivity contribution in [1.29, 1.82) is 0 Å². The minimum absolute atomic E-state index is 0.874. The molecular weight excluding hydrogens is 581 g/mol. The van der Waals surface area contributed by atoms with Crippen molar-refractivity contribution in [3.05, 3.63) is 194 Å². The normalized spacial score (nSPS) is 12.3. The first kappa shape index (κ1) is 29.2. The molecule has 6 aromatic carbocycles. The average Bonchev–Trinajstić information content (AvgIpc) is 3.19. The number of nitrogens with zero attached hydrogens (tertiary/aromatic N) is 1. The summed E-state index contributed by atoms with van der Waals surface area (Å²) < 4.78 is 0.